The van der Waals surface area contributed by atoms with E-state index in [1.807, 2.05) is 4.90 Å². The van der Waals surface area contributed by atoms with Gasteiger partial charge >= 0.3 is 12.0 Å². The Morgan fingerprint density at radius 2 is 2.19 bits per heavy atom. The fourth-order valence-corrected chi connectivity index (χ4v) is 3.09. The number of likely N-dealkylation sites (tertiary alicyclic amines) is 1. The molecule has 21 heavy (non-hydrogen) atoms. The van der Waals surface area contributed by atoms with E-state index in [-0.39, 0.29) is 24.4 Å². The Morgan fingerprint density at radius 1 is 1.43 bits per heavy atom. The zero-order valence-electron chi connectivity index (χ0n) is 12.4. The minimum Gasteiger partial charge on any atom is -0.481 e. The second-order valence-electron chi connectivity index (χ2n) is 5.91. The number of carboxylic acids is 1. The van der Waals surface area contributed by atoms with Crippen LogP contribution in [0.15, 0.2) is 0 Å². The number of hydrogen-bond acceptors (Lipinski definition) is 3. The maximum absolute atomic E-state index is 12.3. The molecule has 0 aromatic rings. The summed E-state index contributed by atoms with van der Waals surface area (Å²) in [6, 6.07) is 0.156. The largest absolute Gasteiger partial charge is 0.481 e. The number of hydrogen-bond donors (Lipinski definition) is 2. The first kappa shape index (κ1) is 15.6. The van der Waals surface area contributed by atoms with E-state index in [4.69, 9.17) is 5.11 Å². The molecule has 7 heteroatoms. The molecular weight excluding hydrogens is 274 g/mol. The smallest absolute Gasteiger partial charge is 0.319 e. The maximum Gasteiger partial charge on any atom is 0.319 e. The van der Waals surface area contributed by atoms with E-state index in [1.165, 1.54) is 0 Å². The second-order valence-corrected chi connectivity index (χ2v) is 5.91. The van der Waals surface area contributed by atoms with Gasteiger partial charge < -0.3 is 20.2 Å². The lowest BCUT2D eigenvalue weighted by molar-refractivity contribution is -0.137. The van der Waals surface area contributed by atoms with Crippen LogP contribution in [0.3, 0.4) is 0 Å². The summed E-state index contributed by atoms with van der Waals surface area (Å²) in [5, 5.41) is 11.6. The number of piperidine rings is 2. The molecule has 2 unspecified atom stereocenters. The average molecular weight is 297 g/mol. The van der Waals surface area contributed by atoms with Crippen LogP contribution < -0.4 is 5.32 Å². The maximum atomic E-state index is 12.3. The van der Waals surface area contributed by atoms with Crippen molar-refractivity contribution >= 4 is 17.9 Å². The molecular formula is C14H23N3O4. The third-order valence-corrected chi connectivity index (χ3v) is 4.30. The summed E-state index contributed by atoms with van der Waals surface area (Å²) in [7, 11) is 1.71. The highest BCUT2D eigenvalue weighted by atomic mass is 16.4. The van der Waals surface area contributed by atoms with E-state index in [0.29, 0.717) is 38.4 Å². The molecule has 2 heterocycles. The van der Waals surface area contributed by atoms with Crippen molar-refractivity contribution < 1.29 is 19.5 Å². The number of carbonyl (C=O) groups is 3. The normalized spacial score (nSPS) is 25.0. The van der Waals surface area contributed by atoms with Gasteiger partial charge in [0.1, 0.15) is 0 Å². The topological polar surface area (TPSA) is 90.0 Å². The Balaban J connectivity index is 1.80. The molecule has 118 valence electrons. The molecule has 0 aromatic heterocycles. The van der Waals surface area contributed by atoms with Gasteiger partial charge in [0.05, 0.1) is 0 Å². The van der Waals surface area contributed by atoms with Gasteiger partial charge in [0, 0.05) is 45.6 Å². The van der Waals surface area contributed by atoms with Gasteiger partial charge in [0.15, 0.2) is 0 Å². The van der Waals surface area contributed by atoms with Crippen LogP contribution >= 0.6 is 0 Å². The van der Waals surface area contributed by atoms with Gasteiger partial charge in [-0.3, -0.25) is 9.59 Å². The molecule has 2 aliphatic heterocycles. The van der Waals surface area contributed by atoms with E-state index in [0.717, 1.165) is 12.8 Å². The standard InChI is InChI=1S/C14H23N3O4/c1-16(7-2-3-13(19)20)14(21)17-8-6-11-10(9-17)4-5-12(18)15-11/h10-11H,2-9H2,1H3,(H,15,18)(H,19,20). The molecule has 0 radical (unpaired) electrons. The highest BCUT2D eigenvalue weighted by Crippen LogP contribution is 2.25. The van der Waals surface area contributed by atoms with Gasteiger partial charge in [-0.15, -0.1) is 0 Å². The first-order chi connectivity index (χ1) is 9.97. The molecule has 0 aromatic carbocycles. The van der Waals surface area contributed by atoms with Gasteiger partial charge in [-0.05, 0) is 25.2 Å². The van der Waals surface area contributed by atoms with Crippen molar-refractivity contribution in [1.82, 2.24) is 15.1 Å². The molecule has 2 saturated heterocycles. The van der Waals surface area contributed by atoms with Gasteiger partial charge in [-0.2, -0.15) is 0 Å². The van der Waals surface area contributed by atoms with Crippen LogP contribution in [0.2, 0.25) is 0 Å². The van der Waals surface area contributed by atoms with Crippen molar-refractivity contribution in [2.75, 3.05) is 26.7 Å². The lowest BCUT2D eigenvalue weighted by Crippen LogP contribution is -2.56. The Kier molecular flexibility index (Phi) is 5.03. The number of carboxylic acid groups (broad SMARTS) is 1. The van der Waals surface area contributed by atoms with Crippen LogP contribution in [0.1, 0.15) is 32.1 Å². The highest BCUT2D eigenvalue weighted by molar-refractivity contribution is 5.77. The third-order valence-electron chi connectivity index (χ3n) is 4.30. The fraction of sp³-hybridized carbons (Fsp3) is 0.786. The van der Waals surface area contributed by atoms with E-state index in [9.17, 15) is 14.4 Å². The lowest BCUT2D eigenvalue weighted by atomic mass is 9.85. The molecule has 0 bridgehead atoms. The molecule has 3 amide bonds. The summed E-state index contributed by atoms with van der Waals surface area (Å²) < 4.78 is 0. The number of fused-ring (bicyclic) bond motifs is 1. The van der Waals surface area contributed by atoms with Crippen LogP contribution in [0, 0.1) is 5.92 Å². The predicted molar refractivity (Wildman–Crippen MR) is 75.7 cm³/mol. The van der Waals surface area contributed by atoms with Crippen molar-refractivity contribution in [3.63, 3.8) is 0 Å². The van der Waals surface area contributed by atoms with E-state index in [1.54, 1.807) is 11.9 Å². The van der Waals surface area contributed by atoms with Gasteiger partial charge in [0.2, 0.25) is 5.91 Å². The van der Waals surface area contributed by atoms with E-state index < -0.39 is 5.97 Å². The predicted octanol–water partition coefficient (Wildman–Crippen LogP) is 0.504. The number of aliphatic carboxylic acids is 1. The van der Waals surface area contributed by atoms with Gasteiger partial charge in [-0.1, -0.05) is 0 Å². The minimum absolute atomic E-state index is 0.0456. The van der Waals surface area contributed by atoms with Crippen LogP contribution in [-0.2, 0) is 9.59 Å². The van der Waals surface area contributed by atoms with Crippen molar-refractivity contribution in [3.05, 3.63) is 0 Å². The van der Waals surface area contributed by atoms with Gasteiger partial charge in [0.25, 0.3) is 0 Å². The summed E-state index contributed by atoms with van der Waals surface area (Å²) >= 11 is 0. The van der Waals surface area contributed by atoms with Crippen molar-refractivity contribution in [2.45, 2.75) is 38.1 Å². The molecule has 2 N–H and O–H groups in total. The zero-order valence-corrected chi connectivity index (χ0v) is 12.4. The highest BCUT2D eigenvalue weighted by Gasteiger charge is 2.35. The first-order valence-corrected chi connectivity index (χ1v) is 7.48. The molecule has 7 nitrogen and oxygen atoms in total. The summed E-state index contributed by atoms with van der Waals surface area (Å²) in [6.45, 7) is 1.77. The summed E-state index contributed by atoms with van der Waals surface area (Å²) in [6.07, 6.45) is 2.72. The van der Waals surface area contributed by atoms with E-state index in [2.05, 4.69) is 5.32 Å². The monoisotopic (exact) mass is 297 g/mol. The minimum atomic E-state index is -0.838. The quantitative estimate of drug-likeness (QED) is 0.791. The molecule has 2 atom stereocenters. The molecule has 2 aliphatic rings. The van der Waals surface area contributed by atoms with Crippen LogP contribution in [-0.4, -0.2) is 65.5 Å². The van der Waals surface area contributed by atoms with Crippen LogP contribution in [0.25, 0.3) is 0 Å². The summed E-state index contributed by atoms with van der Waals surface area (Å²) in [5.74, 6) is -0.385. The van der Waals surface area contributed by atoms with Crippen LogP contribution in [0.4, 0.5) is 4.79 Å². The fourth-order valence-electron chi connectivity index (χ4n) is 3.09. The van der Waals surface area contributed by atoms with Crippen LogP contribution in [0.5, 0.6) is 0 Å². The Hall–Kier alpha value is -1.79. The van der Waals surface area contributed by atoms with Gasteiger partial charge in [-0.25, -0.2) is 4.79 Å². The SMILES string of the molecule is CN(CCCC(=O)O)C(=O)N1CCC2NC(=O)CCC2C1. The molecule has 2 fully saturated rings. The van der Waals surface area contributed by atoms with Crippen molar-refractivity contribution in [1.29, 1.82) is 0 Å². The molecule has 0 aliphatic carbocycles. The number of nitrogens with one attached hydrogen (secondary N) is 1. The average Bonchev–Trinajstić information content (AvgIpc) is 2.45. The molecule has 0 spiro atoms. The number of nitrogens with zero attached hydrogens (tertiary/aromatic N) is 2. The Bertz CT molecular complexity index is 426. The van der Waals surface area contributed by atoms with Crippen molar-refractivity contribution in [3.8, 4) is 0 Å². The second kappa shape index (κ2) is 6.78. The Morgan fingerprint density at radius 3 is 2.90 bits per heavy atom. The summed E-state index contributed by atoms with van der Waals surface area (Å²) in [5.41, 5.74) is 0. The molecule has 0 saturated carbocycles. The number of rotatable bonds is 4. The third kappa shape index (κ3) is 4.09. The van der Waals surface area contributed by atoms with E-state index >= 15 is 0 Å². The zero-order chi connectivity index (χ0) is 15.4. The number of urea groups is 1. The number of carbonyl (C=O) groups excluding carboxylic acids is 2. The van der Waals surface area contributed by atoms with Crippen molar-refractivity contribution in [2.24, 2.45) is 5.92 Å². The summed E-state index contributed by atoms with van der Waals surface area (Å²) in [4.78, 5) is 37.6. The Labute approximate surface area is 124 Å². The first-order valence-electron chi connectivity index (χ1n) is 7.48. The lowest BCUT2D eigenvalue weighted by Gasteiger charge is -2.42. The number of amides is 3. The molecule has 2 rings (SSSR count).